The van der Waals surface area contributed by atoms with Crippen molar-refractivity contribution in [3.8, 4) is 11.5 Å². The molecule has 2 amide bonds. The van der Waals surface area contributed by atoms with E-state index in [0.717, 1.165) is 16.7 Å². The van der Waals surface area contributed by atoms with Crippen LogP contribution < -0.4 is 14.8 Å². The quantitative estimate of drug-likeness (QED) is 0.250. The van der Waals surface area contributed by atoms with Crippen LogP contribution in [0.15, 0.2) is 71.6 Å². The molecule has 9 heteroatoms. The first-order valence-electron chi connectivity index (χ1n) is 11.5. The van der Waals surface area contributed by atoms with Crippen LogP contribution in [0.1, 0.15) is 29.7 Å². The third kappa shape index (κ3) is 6.33. The molecule has 3 aromatic carbocycles. The van der Waals surface area contributed by atoms with Crippen LogP contribution in [-0.4, -0.2) is 34.8 Å². The van der Waals surface area contributed by atoms with E-state index in [0.29, 0.717) is 31.4 Å². The fourth-order valence-corrected chi connectivity index (χ4v) is 5.35. The normalized spacial score (nSPS) is 15.1. The average Bonchev–Trinajstić information content (AvgIpc) is 3.17. The number of benzene rings is 3. The van der Waals surface area contributed by atoms with E-state index < -0.39 is 0 Å². The lowest BCUT2D eigenvalue weighted by molar-refractivity contribution is -0.123. The Hall–Kier alpha value is -3.33. The van der Waals surface area contributed by atoms with Gasteiger partial charge >= 0.3 is 0 Å². The number of nitrogens with one attached hydrogen (secondary N) is 1. The summed E-state index contributed by atoms with van der Waals surface area (Å²) in [6.07, 6.45) is 1.77. The molecular formula is C28H25ClN2O4S2. The van der Waals surface area contributed by atoms with Gasteiger partial charge in [-0.3, -0.25) is 14.5 Å². The molecular weight excluding hydrogens is 528 g/mol. The first-order valence-corrected chi connectivity index (χ1v) is 13.1. The number of hydrogen-bond acceptors (Lipinski definition) is 6. The summed E-state index contributed by atoms with van der Waals surface area (Å²) < 4.78 is 11.7. The largest absolute Gasteiger partial charge is 0.493 e. The summed E-state index contributed by atoms with van der Waals surface area (Å²) in [5.41, 5.74) is 3.27. The van der Waals surface area contributed by atoms with Gasteiger partial charge < -0.3 is 14.8 Å². The number of amides is 2. The van der Waals surface area contributed by atoms with Gasteiger partial charge in [0.05, 0.1) is 18.1 Å². The number of thioether (sulfide) groups is 1. The molecule has 0 aliphatic carbocycles. The first-order chi connectivity index (χ1) is 17.8. The number of thiocarbonyl (C=S) groups is 1. The second-order valence-corrected chi connectivity index (χ2v) is 10.4. The summed E-state index contributed by atoms with van der Waals surface area (Å²) in [4.78, 5) is 27.7. The summed E-state index contributed by atoms with van der Waals surface area (Å²) in [6, 6.07) is 20.1. The maximum Gasteiger partial charge on any atom is 0.266 e. The maximum absolute atomic E-state index is 13.2. The molecule has 1 aliphatic rings. The summed E-state index contributed by atoms with van der Waals surface area (Å²) in [5.74, 6) is 0.371. The number of carbonyl (C=O) groups excluding carboxylic acids is 2. The lowest BCUT2D eigenvalue weighted by Crippen LogP contribution is -2.30. The standard InChI is InChI=1S/C28H25ClN2O4S2/c1-17-9-11-21(15-22(17)29)30-26(32)16-35-23-12-10-19(13-24(23)34-3)14-25-27(33)31(28(36)37-25)18(2)20-7-5-4-6-8-20/h4-15,18H,16H2,1-3H3,(H,30,32)/b25-14-/t18-/m0/s1. The highest BCUT2D eigenvalue weighted by molar-refractivity contribution is 8.26. The van der Waals surface area contributed by atoms with Gasteiger partial charge in [-0.25, -0.2) is 0 Å². The molecule has 1 heterocycles. The van der Waals surface area contributed by atoms with Crippen molar-refractivity contribution in [2.75, 3.05) is 19.0 Å². The Balaban J connectivity index is 1.43. The third-order valence-corrected chi connectivity index (χ3v) is 7.53. The van der Waals surface area contributed by atoms with Crippen LogP contribution in [0.2, 0.25) is 5.02 Å². The Morgan fingerprint density at radius 3 is 2.59 bits per heavy atom. The van der Waals surface area contributed by atoms with Gasteiger partial charge in [-0.2, -0.15) is 0 Å². The van der Waals surface area contributed by atoms with Crippen LogP contribution in [0.4, 0.5) is 5.69 Å². The van der Waals surface area contributed by atoms with E-state index in [1.807, 2.05) is 50.2 Å². The Morgan fingerprint density at radius 2 is 1.89 bits per heavy atom. The van der Waals surface area contributed by atoms with Gasteiger partial charge in [0.1, 0.15) is 4.32 Å². The van der Waals surface area contributed by atoms with Gasteiger partial charge in [0.2, 0.25) is 0 Å². The van der Waals surface area contributed by atoms with Gasteiger partial charge in [0.15, 0.2) is 18.1 Å². The maximum atomic E-state index is 13.2. The Labute approximate surface area is 230 Å². The highest BCUT2D eigenvalue weighted by Gasteiger charge is 2.35. The number of aryl methyl sites for hydroxylation is 1. The van der Waals surface area contributed by atoms with Crippen molar-refractivity contribution in [2.24, 2.45) is 0 Å². The highest BCUT2D eigenvalue weighted by Crippen LogP contribution is 2.39. The van der Waals surface area contributed by atoms with E-state index in [9.17, 15) is 9.59 Å². The molecule has 4 rings (SSSR count). The zero-order chi connectivity index (χ0) is 26.5. The summed E-state index contributed by atoms with van der Waals surface area (Å²) >= 11 is 12.9. The number of halogens is 1. The zero-order valence-electron chi connectivity index (χ0n) is 20.5. The van der Waals surface area contributed by atoms with Crippen molar-refractivity contribution < 1.29 is 19.1 Å². The van der Waals surface area contributed by atoms with Crippen LogP contribution in [0.25, 0.3) is 6.08 Å². The van der Waals surface area contributed by atoms with Crippen LogP contribution in [0, 0.1) is 6.92 Å². The minimum Gasteiger partial charge on any atom is -0.493 e. The molecule has 0 aromatic heterocycles. The summed E-state index contributed by atoms with van der Waals surface area (Å²) in [6.45, 7) is 3.64. The molecule has 1 fully saturated rings. The molecule has 1 saturated heterocycles. The first kappa shape index (κ1) is 26.7. The second kappa shape index (κ2) is 11.8. The van der Waals surface area contributed by atoms with E-state index in [2.05, 4.69) is 5.32 Å². The molecule has 0 unspecified atom stereocenters. The van der Waals surface area contributed by atoms with Crippen molar-refractivity contribution in [3.05, 3.63) is 93.3 Å². The lowest BCUT2D eigenvalue weighted by Gasteiger charge is -2.23. The number of carbonyl (C=O) groups is 2. The number of hydrogen-bond donors (Lipinski definition) is 1. The number of ether oxygens (including phenoxy) is 2. The Bertz CT molecular complexity index is 1380. The fourth-order valence-electron chi connectivity index (χ4n) is 3.75. The van der Waals surface area contributed by atoms with Gasteiger partial charge in [-0.1, -0.05) is 78.0 Å². The van der Waals surface area contributed by atoms with Crippen molar-refractivity contribution in [3.63, 3.8) is 0 Å². The van der Waals surface area contributed by atoms with E-state index in [1.165, 1.54) is 18.9 Å². The fraction of sp³-hybridized carbons (Fsp3) is 0.179. The molecule has 0 saturated carbocycles. The molecule has 3 aromatic rings. The van der Waals surface area contributed by atoms with Crippen LogP contribution >= 0.6 is 35.6 Å². The molecule has 190 valence electrons. The monoisotopic (exact) mass is 552 g/mol. The predicted molar refractivity (Wildman–Crippen MR) is 153 cm³/mol. The molecule has 0 spiro atoms. The molecule has 0 radical (unpaired) electrons. The van der Waals surface area contributed by atoms with Gasteiger partial charge in [0, 0.05) is 10.7 Å². The van der Waals surface area contributed by atoms with Crippen molar-refractivity contribution >= 4 is 63.5 Å². The Morgan fingerprint density at radius 1 is 1.14 bits per heavy atom. The van der Waals surface area contributed by atoms with E-state index in [1.54, 1.807) is 41.3 Å². The van der Waals surface area contributed by atoms with E-state index in [4.69, 9.17) is 33.3 Å². The third-order valence-electron chi connectivity index (χ3n) is 5.79. The van der Waals surface area contributed by atoms with Crippen molar-refractivity contribution in [1.82, 2.24) is 4.90 Å². The van der Waals surface area contributed by atoms with E-state index in [-0.39, 0.29) is 24.5 Å². The Kier molecular flexibility index (Phi) is 8.53. The zero-order valence-corrected chi connectivity index (χ0v) is 22.9. The SMILES string of the molecule is COc1cc(/C=C2\SC(=S)N([C@@H](C)c3ccccc3)C2=O)ccc1OCC(=O)Nc1ccc(C)c(Cl)c1. The molecule has 0 bridgehead atoms. The van der Waals surface area contributed by atoms with Crippen LogP contribution in [-0.2, 0) is 9.59 Å². The van der Waals surface area contributed by atoms with Crippen molar-refractivity contribution in [2.45, 2.75) is 19.9 Å². The minimum absolute atomic E-state index is 0.140. The second-order valence-electron chi connectivity index (χ2n) is 8.35. The summed E-state index contributed by atoms with van der Waals surface area (Å²) in [5, 5.41) is 3.33. The smallest absolute Gasteiger partial charge is 0.266 e. The van der Waals surface area contributed by atoms with Gasteiger partial charge in [-0.05, 0) is 60.9 Å². The number of methoxy groups -OCH3 is 1. The topological polar surface area (TPSA) is 67.9 Å². The lowest BCUT2D eigenvalue weighted by atomic mass is 10.1. The van der Waals surface area contributed by atoms with Crippen molar-refractivity contribution in [1.29, 1.82) is 0 Å². The molecule has 6 nitrogen and oxygen atoms in total. The number of nitrogens with zero attached hydrogens (tertiary/aromatic N) is 1. The average molecular weight is 553 g/mol. The van der Waals surface area contributed by atoms with Crippen LogP contribution in [0.5, 0.6) is 11.5 Å². The molecule has 37 heavy (non-hydrogen) atoms. The predicted octanol–water partition coefficient (Wildman–Crippen LogP) is 6.64. The van der Waals surface area contributed by atoms with Gasteiger partial charge in [-0.15, -0.1) is 0 Å². The van der Waals surface area contributed by atoms with Gasteiger partial charge in [0.25, 0.3) is 11.8 Å². The molecule has 1 atom stereocenters. The summed E-state index contributed by atoms with van der Waals surface area (Å²) in [7, 11) is 1.52. The highest BCUT2D eigenvalue weighted by atomic mass is 35.5. The number of anilines is 1. The minimum atomic E-state index is -0.331. The van der Waals surface area contributed by atoms with Crippen LogP contribution in [0.3, 0.4) is 0 Å². The number of rotatable bonds is 8. The molecule has 1 N–H and O–H groups in total. The van der Waals surface area contributed by atoms with E-state index >= 15 is 0 Å². The molecule has 1 aliphatic heterocycles.